The first kappa shape index (κ1) is 17.6. The molecule has 1 fully saturated rings. The SMILES string of the molecule is CN(C)c1conc1C1CCCc2ccc(CC3CCCCCC3)cc21. The van der Waals surface area contributed by atoms with Gasteiger partial charge in [-0.2, -0.15) is 0 Å². The van der Waals surface area contributed by atoms with Gasteiger partial charge in [0.1, 0.15) is 17.6 Å². The van der Waals surface area contributed by atoms with Crippen LogP contribution in [0.2, 0.25) is 0 Å². The Hall–Kier alpha value is -1.77. The molecule has 2 aromatic rings. The van der Waals surface area contributed by atoms with E-state index in [2.05, 4.69) is 42.4 Å². The molecule has 1 aromatic heterocycles. The highest BCUT2D eigenvalue weighted by atomic mass is 16.5. The van der Waals surface area contributed by atoms with Gasteiger partial charge in [-0.15, -0.1) is 0 Å². The lowest BCUT2D eigenvalue weighted by Crippen LogP contribution is -2.17. The summed E-state index contributed by atoms with van der Waals surface area (Å²) in [5, 5.41) is 4.40. The zero-order valence-corrected chi connectivity index (χ0v) is 16.3. The standard InChI is InChI=1S/C23H32N2O/c1-25(2)22-16-26-24-23(22)20-11-7-10-19-13-12-18(15-21(19)20)14-17-8-5-3-4-6-9-17/h12-13,15-17,20H,3-11,14H2,1-2H3. The summed E-state index contributed by atoms with van der Waals surface area (Å²) >= 11 is 0. The van der Waals surface area contributed by atoms with Crippen molar-refractivity contribution in [2.24, 2.45) is 5.92 Å². The van der Waals surface area contributed by atoms with Crippen LogP contribution in [-0.4, -0.2) is 19.3 Å². The van der Waals surface area contributed by atoms with Crippen LogP contribution in [0.3, 0.4) is 0 Å². The fourth-order valence-electron chi connectivity index (χ4n) is 4.98. The third-order valence-corrected chi connectivity index (χ3v) is 6.41. The van der Waals surface area contributed by atoms with Gasteiger partial charge < -0.3 is 9.42 Å². The van der Waals surface area contributed by atoms with Gasteiger partial charge in [0.15, 0.2) is 0 Å². The van der Waals surface area contributed by atoms with Crippen molar-refractivity contribution in [2.75, 3.05) is 19.0 Å². The molecule has 1 saturated carbocycles. The zero-order chi connectivity index (χ0) is 17.9. The van der Waals surface area contributed by atoms with Gasteiger partial charge in [0.05, 0.1) is 0 Å². The van der Waals surface area contributed by atoms with Crippen LogP contribution in [0.25, 0.3) is 0 Å². The second kappa shape index (κ2) is 7.85. The molecule has 3 heteroatoms. The van der Waals surface area contributed by atoms with E-state index >= 15 is 0 Å². The largest absolute Gasteiger partial charge is 0.373 e. The zero-order valence-electron chi connectivity index (χ0n) is 16.3. The molecule has 4 rings (SSSR count). The number of hydrogen-bond acceptors (Lipinski definition) is 3. The maximum atomic E-state index is 5.35. The molecule has 0 N–H and O–H groups in total. The molecule has 3 nitrogen and oxygen atoms in total. The fraction of sp³-hybridized carbons (Fsp3) is 0.609. The topological polar surface area (TPSA) is 29.3 Å². The monoisotopic (exact) mass is 352 g/mol. The summed E-state index contributed by atoms with van der Waals surface area (Å²) in [5.41, 5.74) is 6.77. The maximum absolute atomic E-state index is 5.35. The highest BCUT2D eigenvalue weighted by Gasteiger charge is 2.28. The van der Waals surface area contributed by atoms with Gasteiger partial charge >= 0.3 is 0 Å². The number of rotatable bonds is 4. The van der Waals surface area contributed by atoms with Crippen LogP contribution in [0.4, 0.5) is 5.69 Å². The Kier molecular flexibility index (Phi) is 5.33. The van der Waals surface area contributed by atoms with Gasteiger partial charge in [-0.05, 0) is 48.3 Å². The van der Waals surface area contributed by atoms with E-state index in [1.54, 1.807) is 6.26 Å². The van der Waals surface area contributed by atoms with Crippen molar-refractivity contribution in [1.82, 2.24) is 5.16 Å². The third kappa shape index (κ3) is 3.67. The van der Waals surface area contributed by atoms with Crippen LogP contribution >= 0.6 is 0 Å². The van der Waals surface area contributed by atoms with Crippen LogP contribution in [0.1, 0.15) is 79.7 Å². The van der Waals surface area contributed by atoms with Gasteiger partial charge in [0.2, 0.25) is 0 Å². The lowest BCUT2D eigenvalue weighted by atomic mass is 9.79. The number of hydrogen-bond donors (Lipinski definition) is 0. The summed E-state index contributed by atoms with van der Waals surface area (Å²) in [5.74, 6) is 1.26. The molecule has 1 aromatic carbocycles. The summed E-state index contributed by atoms with van der Waals surface area (Å²) in [6.07, 6.45) is 15.2. The van der Waals surface area contributed by atoms with E-state index in [9.17, 15) is 0 Å². The van der Waals surface area contributed by atoms with Crippen molar-refractivity contribution >= 4 is 5.69 Å². The molecule has 26 heavy (non-hydrogen) atoms. The first-order valence-corrected chi connectivity index (χ1v) is 10.5. The summed E-state index contributed by atoms with van der Waals surface area (Å²) < 4.78 is 5.35. The Bertz CT molecular complexity index is 726. The smallest absolute Gasteiger partial charge is 0.147 e. The van der Waals surface area contributed by atoms with E-state index in [4.69, 9.17) is 4.52 Å². The van der Waals surface area contributed by atoms with Gasteiger partial charge in [0.25, 0.3) is 0 Å². The molecule has 0 amide bonds. The van der Waals surface area contributed by atoms with Gasteiger partial charge in [-0.3, -0.25) is 0 Å². The van der Waals surface area contributed by atoms with E-state index in [-0.39, 0.29) is 0 Å². The molecule has 0 bridgehead atoms. The molecule has 2 aliphatic rings. The average Bonchev–Trinajstić information content (AvgIpc) is 3.00. The highest BCUT2D eigenvalue weighted by Crippen LogP contribution is 2.40. The molecule has 2 aliphatic carbocycles. The molecule has 1 atom stereocenters. The van der Waals surface area contributed by atoms with Crippen LogP contribution in [0.5, 0.6) is 0 Å². The Morgan fingerprint density at radius 2 is 1.85 bits per heavy atom. The molecular weight excluding hydrogens is 320 g/mol. The lowest BCUT2D eigenvalue weighted by Gasteiger charge is -2.27. The number of aryl methyl sites for hydroxylation is 1. The van der Waals surface area contributed by atoms with E-state index in [1.165, 1.54) is 80.9 Å². The summed E-state index contributed by atoms with van der Waals surface area (Å²) in [6, 6.07) is 7.28. The van der Waals surface area contributed by atoms with E-state index in [0.29, 0.717) is 5.92 Å². The predicted octanol–water partition coefficient (Wildman–Crippen LogP) is 5.72. The molecule has 0 radical (unpaired) electrons. The quantitative estimate of drug-likeness (QED) is 0.659. The van der Waals surface area contributed by atoms with Crippen LogP contribution in [0, 0.1) is 5.92 Å². The summed E-state index contributed by atoms with van der Waals surface area (Å²) in [4.78, 5) is 2.12. The summed E-state index contributed by atoms with van der Waals surface area (Å²) in [7, 11) is 4.14. The van der Waals surface area contributed by atoms with Crippen molar-refractivity contribution in [1.29, 1.82) is 0 Å². The second-order valence-corrected chi connectivity index (χ2v) is 8.52. The maximum Gasteiger partial charge on any atom is 0.147 e. The molecule has 1 unspecified atom stereocenters. The Morgan fingerprint density at radius 3 is 2.62 bits per heavy atom. The summed E-state index contributed by atoms with van der Waals surface area (Å²) in [6.45, 7) is 0. The Labute approximate surface area is 157 Å². The van der Waals surface area contributed by atoms with Crippen molar-refractivity contribution < 1.29 is 4.52 Å². The van der Waals surface area contributed by atoms with Gasteiger partial charge in [-0.25, -0.2) is 0 Å². The number of aromatic nitrogens is 1. The van der Waals surface area contributed by atoms with E-state index in [0.717, 1.165) is 17.3 Å². The van der Waals surface area contributed by atoms with Crippen LogP contribution in [-0.2, 0) is 12.8 Å². The molecule has 0 aliphatic heterocycles. The first-order chi connectivity index (χ1) is 12.7. The minimum absolute atomic E-state index is 0.379. The second-order valence-electron chi connectivity index (χ2n) is 8.52. The molecule has 0 saturated heterocycles. The molecule has 0 spiro atoms. The predicted molar refractivity (Wildman–Crippen MR) is 107 cm³/mol. The van der Waals surface area contributed by atoms with Gasteiger partial charge in [-0.1, -0.05) is 61.9 Å². The lowest BCUT2D eigenvalue weighted by molar-refractivity contribution is 0.404. The number of nitrogens with zero attached hydrogens (tertiary/aromatic N) is 2. The van der Waals surface area contributed by atoms with E-state index in [1.807, 2.05) is 0 Å². The number of anilines is 1. The Balaban J connectivity index is 1.61. The minimum Gasteiger partial charge on any atom is -0.373 e. The fourth-order valence-corrected chi connectivity index (χ4v) is 4.98. The molecular formula is C23H32N2O. The van der Waals surface area contributed by atoms with Crippen molar-refractivity contribution in [3.8, 4) is 0 Å². The van der Waals surface area contributed by atoms with Crippen LogP contribution < -0.4 is 4.90 Å². The van der Waals surface area contributed by atoms with E-state index < -0.39 is 0 Å². The van der Waals surface area contributed by atoms with Crippen molar-refractivity contribution in [2.45, 2.75) is 70.1 Å². The minimum atomic E-state index is 0.379. The van der Waals surface area contributed by atoms with Crippen molar-refractivity contribution in [3.05, 3.63) is 46.8 Å². The molecule has 140 valence electrons. The van der Waals surface area contributed by atoms with Crippen LogP contribution in [0.15, 0.2) is 29.0 Å². The van der Waals surface area contributed by atoms with Gasteiger partial charge in [0, 0.05) is 20.0 Å². The molecule has 1 heterocycles. The number of benzene rings is 1. The highest BCUT2D eigenvalue weighted by molar-refractivity contribution is 5.53. The average molecular weight is 353 g/mol. The normalized spacial score (nSPS) is 21.2. The number of fused-ring (bicyclic) bond motifs is 1. The Morgan fingerprint density at radius 1 is 1.04 bits per heavy atom. The third-order valence-electron chi connectivity index (χ3n) is 6.41. The van der Waals surface area contributed by atoms with Crippen molar-refractivity contribution in [3.63, 3.8) is 0 Å². The first-order valence-electron chi connectivity index (χ1n) is 10.5.